The fourth-order valence-electron chi connectivity index (χ4n) is 1.01. The first-order valence-electron chi connectivity index (χ1n) is 4.21. The van der Waals surface area contributed by atoms with Gasteiger partial charge in [0.25, 0.3) is 0 Å². The topological polar surface area (TPSA) is 55.1 Å². The summed E-state index contributed by atoms with van der Waals surface area (Å²) in [6, 6.07) is 0.370. The van der Waals surface area contributed by atoms with Crippen LogP contribution in [0.15, 0.2) is 0 Å². The Morgan fingerprint density at radius 2 is 2.25 bits per heavy atom. The van der Waals surface area contributed by atoms with Crippen LogP contribution < -0.4 is 11.1 Å². The van der Waals surface area contributed by atoms with Crippen LogP contribution in [0.25, 0.3) is 0 Å². The minimum absolute atomic E-state index is 0.0350. The van der Waals surface area contributed by atoms with Crippen molar-refractivity contribution in [2.24, 2.45) is 11.7 Å². The summed E-state index contributed by atoms with van der Waals surface area (Å²) in [5.74, 6) is -0.368. The van der Waals surface area contributed by atoms with Crippen LogP contribution in [0.1, 0.15) is 26.2 Å². The maximum Gasteiger partial charge on any atom is 0.229 e. The van der Waals surface area contributed by atoms with Crippen molar-refractivity contribution in [1.82, 2.24) is 5.32 Å². The van der Waals surface area contributed by atoms with Gasteiger partial charge in [-0.15, -0.1) is 0 Å². The number of rotatable bonds is 3. The molecule has 0 aromatic carbocycles. The van der Waals surface area contributed by atoms with E-state index in [0.29, 0.717) is 6.04 Å². The zero-order chi connectivity index (χ0) is 9.14. The monoisotopic (exact) mass is 186 g/mol. The lowest BCUT2D eigenvalue weighted by molar-refractivity contribution is -0.123. The number of carbonyl (C=O) groups excluding carboxylic acids is 1. The lowest BCUT2D eigenvalue weighted by atomic mass is 9.92. The van der Waals surface area contributed by atoms with Crippen molar-refractivity contribution in [2.45, 2.75) is 32.2 Å². The quantitative estimate of drug-likeness (QED) is 0.634. The van der Waals surface area contributed by atoms with Gasteiger partial charge in [-0.2, -0.15) is 0 Å². The predicted octanol–water partition coefficient (Wildman–Crippen LogP) is 0.577. The highest BCUT2D eigenvalue weighted by molar-refractivity contribution is 7.80. The molecule has 3 N–H and O–H groups in total. The fourth-order valence-corrected chi connectivity index (χ4v) is 1.12. The van der Waals surface area contributed by atoms with Gasteiger partial charge in [-0.3, -0.25) is 4.79 Å². The number of nitrogens with one attached hydrogen (secondary N) is 1. The first-order valence-corrected chi connectivity index (χ1v) is 4.62. The summed E-state index contributed by atoms with van der Waals surface area (Å²) in [6.07, 6.45) is 3.40. The molecule has 0 aromatic rings. The molecule has 4 heteroatoms. The summed E-state index contributed by atoms with van der Waals surface area (Å²) in [7, 11) is 0. The molecule has 68 valence electrons. The molecule has 1 amide bonds. The van der Waals surface area contributed by atoms with Gasteiger partial charge in [0.05, 0.1) is 10.9 Å². The standard InChI is InChI=1S/C8H14N2OS/c1-5(7(9)12)8(11)10-6-3-2-4-6/h5-6H,2-4H2,1H3,(H2,9,12)(H,10,11). The van der Waals surface area contributed by atoms with Crippen molar-refractivity contribution >= 4 is 23.1 Å². The summed E-state index contributed by atoms with van der Waals surface area (Å²) in [4.78, 5) is 11.6. The zero-order valence-electron chi connectivity index (χ0n) is 7.17. The third kappa shape index (κ3) is 2.17. The van der Waals surface area contributed by atoms with Gasteiger partial charge in [-0.1, -0.05) is 12.2 Å². The second kappa shape index (κ2) is 3.85. The number of hydrogen-bond acceptors (Lipinski definition) is 2. The largest absolute Gasteiger partial charge is 0.393 e. The van der Waals surface area contributed by atoms with Gasteiger partial charge in [-0.05, 0) is 26.2 Å². The van der Waals surface area contributed by atoms with Crippen molar-refractivity contribution in [3.8, 4) is 0 Å². The number of hydrogen-bond donors (Lipinski definition) is 2. The molecule has 1 aliphatic carbocycles. The molecular weight excluding hydrogens is 172 g/mol. The van der Waals surface area contributed by atoms with Crippen LogP contribution in [0.3, 0.4) is 0 Å². The van der Waals surface area contributed by atoms with Crippen LogP contribution >= 0.6 is 12.2 Å². The molecule has 0 heterocycles. The molecule has 0 spiro atoms. The van der Waals surface area contributed by atoms with E-state index in [1.807, 2.05) is 0 Å². The molecule has 1 unspecified atom stereocenters. The van der Waals surface area contributed by atoms with Gasteiger partial charge in [0, 0.05) is 6.04 Å². The smallest absolute Gasteiger partial charge is 0.229 e. The van der Waals surface area contributed by atoms with Crippen LogP contribution in [-0.2, 0) is 4.79 Å². The second-order valence-corrected chi connectivity index (χ2v) is 3.73. The van der Waals surface area contributed by atoms with E-state index >= 15 is 0 Å². The first kappa shape index (κ1) is 9.45. The zero-order valence-corrected chi connectivity index (χ0v) is 7.99. The SMILES string of the molecule is CC(C(=O)NC1CCC1)C(N)=S. The van der Waals surface area contributed by atoms with E-state index < -0.39 is 0 Å². The Bertz CT molecular complexity index is 201. The van der Waals surface area contributed by atoms with Crippen molar-refractivity contribution in [3.63, 3.8) is 0 Å². The van der Waals surface area contributed by atoms with Crippen LogP contribution in [-0.4, -0.2) is 16.9 Å². The first-order chi connectivity index (χ1) is 5.61. The van der Waals surface area contributed by atoms with Crippen LogP contribution in [0.4, 0.5) is 0 Å². The second-order valence-electron chi connectivity index (χ2n) is 3.26. The van der Waals surface area contributed by atoms with Crippen LogP contribution in [0, 0.1) is 5.92 Å². The van der Waals surface area contributed by atoms with E-state index in [-0.39, 0.29) is 16.8 Å². The van der Waals surface area contributed by atoms with Gasteiger partial charge >= 0.3 is 0 Å². The van der Waals surface area contributed by atoms with Crippen molar-refractivity contribution in [2.75, 3.05) is 0 Å². The van der Waals surface area contributed by atoms with Gasteiger partial charge in [-0.25, -0.2) is 0 Å². The number of nitrogens with two attached hydrogens (primary N) is 1. The van der Waals surface area contributed by atoms with Crippen molar-refractivity contribution in [3.05, 3.63) is 0 Å². The molecule has 0 aliphatic heterocycles. The molecule has 0 bridgehead atoms. The maximum atomic E-state index is 11.3. The average molecular weight is 186 g/mol. The Hall–Kier alpha value is -0.640. The predicted molar refractivity (Wildman–Crippen MR) is 51.7 cm³/mol. The summed E-state index contributed by atoms with van der Waals surface area (Å²) in [5, 5.41) is 2.89. The van der Waals surface area contributed by atoms with Gasteiger partial charge in [0.1, 0.15) is 0 Å². The van der Waals surface area contributed by atoms with Crippen molar-refractivity contribution < 1.29 is 4.79 Å². The lowest BCUT2D eigenvalue weighted by Gasteiger charge is -2.27. The number of thiocarbonyl (C=S) groups is 1. The van der Waals surface area contributed by atoms with E-state index in [9.17, 15) is 4.79 Å². The van der Waals surface area contributed by atoms with Crippen LogP contribution in [0.5, 0.6) is 0 Å². The molecule has 1 aliphatic rings. The molecule has 1 atom stereocenters. The Balaban J connectivity index is 2.31. The Kier molecular flexibility index (Phi) is 3.03. The molecule has 0 radical (unpaired) electrons. The Labute approximate surface area is 77.7 Å². The molecule has 1 fully saturated rings. The Morgan fingerprint density at radius 1 is 1.67 bits per heavy atom. The normalized spacial score (nSPS) is 19.4. The Morgan fingerprint density at radius 3 is 2.58 bits per heavy atom. The summed E-state index contributed by atoms with van der Waals surface area (Å²) in [6.45, 7) is 1.73. The highest BCUT2D eigenvalue weighted by Crippen LogP contribution is 2.18. The van der Waals surface area contributed by atoms with Gasteiger partial charge in [0.15, 0.2) is 0 Å². The molecule has 0 saturated heterocycles. The van der Waals surface area contributed by atoms with E-state index in [1.165, 1.54) is 6.42 Å². The number of carbonyl (C=O) groups is 1. The highest BCUT2D eigenvalue weighted by atomic mass is 32.1. The maximum absolute atomic E-state index is 11.3. The molecule has 3 nitrogen and oxygen atoms in total. The van der Waals surface area contributed by atoms with Gasteiger partial charge < -0.3 is 11.1 Å². The lowest BCUT2D eigenvalue weighted by Crippen LogP contribution is -2.44. The summed E-state index contributed by atoms with van der Waals surface area (Å²) >= 11 is 4.72. The summed E-state index contributed by atoms with van der Waals surface area (Å²) in [5.41, 5.74) is 5.34. The molecule has 0 aromatic heterocycles. The summed E-state index contributed by atoms with van der Waals surface area (Å²) < 4.78 is 0. The fraction of sp³-hybridized carbons (Fsp3) is 0.750. The minimum atomic E-state index is -0.333. The van der Waals surface area contributed by atoms with E-state index in [2.05, 4.69) is 5.32 Å². The van der Waals surface area contributed by atoms with Gasteiger partial charge in [0.2, 0.25) is 5.91 Å². The van der Waals surface area contributed by atoms with E-state index in [4.69, 9.17) is 18.0 Å². The van der Waals surface area contributed by atoms with E-state index in [0.717, 1.165) is 12.8 Å². The van der Waals surface area contributed by atoms with Crippen LogP contribution in [0.2, 0.25) is 0 Å². The van der Waals surface area contributed by atoms with Crippen molar-refractivity contribution in [1.29, 1.82) is 0 Å². The minimum Gasteiger partial charge on any atom is -0.393 e. The highest BCUT2D eigenvalue weighted by Gasteiger charge is 2.23. The van der Waals surface area contributed by atoms with E-state index in [1.54, 1.807) is 6.92 Å². The third-order valence-corrected chi connectivity index (χ3v) is 2.63. The molecular formula is C8H14N2OS. The average Bonchev–Trinajstić information content (AvgIpc) is 1.94. The molecule has 1 rings (SSSR count). The molecule has 1 saturated carbocycles. The third-order valence-electron chi connectivity index (χ3n) is 2.27. The number of amides is 1. The molecule has 12 heavy (non-hydrogen) atoms.